The lowest BCUT2D eigenvalue weighted by molar-refractivity contribution is 0.410. The molecule has 4 heteroatoms. The molecular weight excluding hydrogens is 214 g/mol. The van der Waals surface area contributed by atoms with Crippen molar-refractivity contribution in [2.24, 2.45) is 0 Å². The van der Waals surface area contributed by atoms with E-state index in [1.165, 1.54) is 0 Å². The van der Waals surface area contributed by atoms with Crippen LogP contribution in [0.25, 0.3) is 0 Å². The van der Waals surface area contributed by atoms with Crippen molar-refractivity contribution in [3.05, 3.63) is 48.0 Å². The maximum absolute atomic E-state index is 8.71. The Balaban J connectivity index is 2.25. The second-order valence-electron chi connectivity index (χ2n) is 3.62. The predicted octanol–water partition coefficient (Wildman–Crippen LogP) is 2.01. The number of nitriles is 1. The molecule has 0 saturated carbocycles. The third-order valence-electron chi connectivity index (χ3n) is 2.58. The smallest absolute Gasteiger partial charge is 0.122 e. The van der Waals surface area contributed by atoms with Crippen LogP contribution in [0.2, 0.25) is 0 Å². The van der Waals surface area contributed by atoms with Crippen LogP contribution in [-0.4, -0.2) is 16.7 Å². The summed E-state index contributed by atoms with van der Waals surface area (Å²) in [5, 5.41) is 8.71. The lowest BCUT2D eigenvalue weighted by Gasteiger charge is -2.08. The number of benzene rings is 1. The second kappa shape index (κ2) is 5.17. The Morgan fingerprint density at radius 3 is 3.00 bits per heavy atom. The molecule has 0 unspecified atom stereocenters. The number of para-hydroxylation sites is 1. The van der Waals surface area contributed by atoms with Crippen LogP contribution in [0.1, 0.15) is 11.4 Å². The molecule has 4 nitrogen and oxygen atoms in total. The SMILES string of the molecule is COc1ccccc1Cc1nccn1CC#N. The summed E-state index contributed by atoms with van der Waals surface area (Å²) in [7, 11) is 1.65. The summed E-state index contributed by atoms with van der Waals surface area (Å²) in [6, 6.07) is 9.95. The minimum absolute atomic E-state index is 0.324. The molecule has 0 aliphatic rings. The van der Waals surface area contributed by atoms with E-state index in [-0.39, 0.29) is 0 Å². The van der Waals surface area contributed by atoms with E-state index in [2.05, 4.69) is 11.1 Å². The minimum Gasteiger partial charge on any atom is -0.496 e. The average Bonchev–Trinajstić information content (AvgIpc) is 2.78. The Morgan fingerprint density at radius 1 is 1.41 bits per heavy atom. The molecule has 0 amide bonds. The first-order valence-electron chi connectivity index (χ1n) is 5.34. The van der Waals surface area contributed by atoms with Crippen molar-refractivity contribution in [3.63, 3.8) is 0 Å². The zero-order valence-corrected chi connectivity index (χ0v) is 9.63. The quantitative estimate of drug-likeness (QED) is 0.802. The largest absolute Gasteiger partial charge is 0.496 e. The van der Waals surface area contributed by atoms with Gasteiger partial charge in [-0.2, -0.15) is 5.26 Å². The molecule has 1 aromatic carbocycles. The third-order valence-corrected chi connectivity index (χ3v) is 2.58. The van der Waals surface area contributed by atoms with Crippen LogP contribution in [-0.2, 0) is 13.0 Å². The number of methoxy groups -OCH3 is 1. The number of hydrogen-bond donors (Lipinski definition) is 0. The molecule has 0 fully saturated rings. The molecule has 1 aromatic heterocycles. The lowest BCUT2D eigenvalue weighted by atomic mass is 10.1. The predicted molar refractivity (Wildman–Crippen MR) is 63.6 cm³/mol. The Hall–Kier alpha value is -2.28. The van der Waals surface area contributed by atoms with E-state index in [1.807, 2.05) is 35.0 Å². The van der Waals surface area contributed by atoms with Gasteiger partial charge in [-0.1, -0.05) is 18.2 Å². The van der Waals surface area contributed by atoms with E-state index in [4.69, 9.17) is 10.00 Å². The van der Waals surface area contributed by atoms with Crippen LogP contribution < -0.4 is 4.74 Å². The van der Waals surface area contributed by atoms with Crippen molar-refractivity contribution in [3.8, 4) is 11.8 Å². The van der Waals surface area contributed by atoms with E-state index in [9.17, 15) is 0 Å². The molecule has 86 valence electrons. The fraction of sp³-hybridized carbons (Fsp3) is 0.231. The normalized spacial score (nSPS) is 9.88. The van der Waals surface area contributed by atoms with Gasteiger partial charge in [0.05, 0.1) is 13.2 Å². The van der Waals surface area contributed by atoms with Crippen molar-refractivity contribution in [2.75, 3.05) is 7.11 Å². The fourth-order valence-electron chi connectivity index (χ4n) is 1.75. The van der Waals surface area contributed by atoms with Gasteiger partial charge in [0.15, 0.2) is 0 Å². The summed E-state index contributed by atoms with van der Waals surface area (Å²) < 4.78 is 7.13. The van der Waals surface area contributed by atoms with Crippen molar-refractivity contribution in [1.29, 1.82) is 5.26 Å². The topological polar surface area (TPSA) is 50.8 Å². The van der Waals surface area contributed by atoms with Gasteiger partial charge in [0, 0.05) is 24.4 Å². The highest BCUT2D eigenvalue weighted by atomic mass is 16.5. The molecule has 0 atom stereocenters. The zero-order chi connectivity index (χ0) is 12.1. The van der Waals surface area contributed by atoms with Gasteiger partial charge in [0.2, 0.25) is 0 Å². The van der Waals surface area contributed by atoms with Crippen molar-refractivity contribution in [1.82, 2.24) is 9.55 Å². The molecule has 2 rings (SSSR count). The molecule has 0 spiro atoms. The Kier molecular flexibility index (Phi) is 3.41. The molecule has 1 heterocycles. The zero-order valence-electron chi connectivity index (χ0n) is 9.63. The highest BCUT2D eigenvalue weighted by Gasteiger charge is 2.07. The van der Waals surface area contributed by atoms with E-state index in [0.717, 1.165) is 17.1 Å². The van der Waals surface area contributed by atoms with Crippen LogP contribution in [0.5, 0.6) is 5.75 Å². The van der Waals surface area contributed by atoms with Crippen LogP contribution >= 0.6 is 0 Å². The van der Waals surface area contributed by atoms with Crippen molar-refractivity contribution in [2.45, 2.75) is 13.0 Å². The summed E-state index contributed by atoms with van der Waals surface area (Å²) in [6.07, 6.45) is 4.19. The first-order chi connectivity index (χ1) is 8.35. The summed E-state index contributed by atoms with van der Waals surface area (Å²) in [5.41, 5.74) is 1.07. The second-order valence-corrected chi connectivity index (χ2v) is 3.62. The Morgan fingerprint density at radius 2 is 2.24 bits per heavy atom. The maximum atomic E-state index is 8.71. The number of imidazole rings is 1. The molecule has 0 saturated heterocycles. The van der Waals surface area contributed by atoms with Gasteiger partial charge in [-0.15, -0.1) is 0 Å². The Labute approximate surface area is 100 Å². The standard InChI is InChI=1S/C13H13N3O/c1-17-12-5-3-2-4-11(12)10-13-15-7-9-16(13)8-6-14/h2-5,7,9H,8,10H2,1H3. The molecule has 0 radical (unpaired) electrons. The van der Waals surface area contributed by atoms with Gasteiger partial charge in [0.25, 0.3) is 0 Å². The number of aromatic nitrogens is 2. The molecule has 17 heavy (non-hydrogen) atoms. The summed E-state index contributed by atoms with van der Waals surface area (Å²) in [5.74, 6) is 1.72. The van der Waals surface area contributed by atoms with Crippen LogP contribution in [0, 0.1) is 11.3 Å². The summed E-state index contributed by atoms with van der Waals surface area (Å²) in [6.45, 7) is 0.324. The van der Waals surface area contributed by atoms with Gasteiger partial charge >= 0.3 is 0 Å². The average molecular weight is 227 g/mol. The van der Waals surface area contributed by atoms with Gasteiger partial charge in [-0.25, -0.2) is 4.98 Å². The first-order valence-corrected chi connectivity index (χ1v) is 5.34. The molecule has 2 aromatic rings. The van der Waals surface area contributed by atoms with Gasteiger partial charge in [-0.05, 0) is 6.07 Å². The van der Waals surface area contributed by atoms with Gasteiger partial charge < -0.3 is 9.30 Å². The van der Waals surface area contributed by atoms with E-state index >= 15 is 0 Å². The monoisotopic (exact) mass is 227 g/mol. The first kappa shape index (κ1) is 11.2. The van der Waals surface area contributed by atoms with Gasteiger partial charge in [0.1, 0.15) is 18.1 Å². The highest BCUT2D eigenvalue weighted by Crippen LogP contribution is 2.20. The van der Waals surface area contributed by atoms with Crippen molar-refractivity contribution < 1.29 is 4.74 Å². The maximum Gasteiger partial charge on any atom is 0.122 e. The summed E-state index contributed by atoms with van der Waals surface area (Å²) >= 11 is 0. The molecule has 0 N–H and O–H groups in total. The molecule has 0 aliphatic carbocycles. The summed E-state index contributed by atoms with van der Waals surface area (Å²) in [4.78, 5) is 4.26. The molecule has 0 bridgehead atoms. The van der Waals surface area contributed by atoms with E-state index < -0.39 is 0 Å². The fourth-order valence-corrected chi connectivity index (χ4v) is 1.75. The van der Waals surface area contributed by atoms with Crippen LogP contribution in [0.4, 0.5) is 0 Å². The van der Waals surface area contributed by atoms with E-state index in [0.29, 0.717) is 13.0 Å². The Bertz CT molecular complexity index is 540. The number of ether oxygens (including phenoxy) is 1. The number of hydrogen-bond acceptors (Lipinski definition) is 3. The van der Waals surface area contributed by atoms with Gasteiger partial charge in [-0.3, -0.25) is 0 Å². The number of rotatable bonds is 4. The lowest BCUT2D eigenvalue weighted by Crippen LogP contribution is -2.03. The highest BCUT2D eigenvalue weighted by molar-refractivity contribution is 5.35. The van der Waals surface area contributed by atoms with Crippen molar-refractivity contribution >= 4 is 0 Å². The third kappa shape index (κ3) is 2.45. The molecule has 0 aliphatic heterocycles. The number of nitrogens with zero attached hydrogens (tertiary/aromatic N) is 3. The van der Waals surface area contributed by atoms with Crippen LogP contribution in [0.15, 0.2) is 36.7 Å². The van der Waals surface area contributed by atoms with Crippen LogP contribution in [0.3, 0.4) is 0 Å². The molecular formula is C13H13N3O. The van der Waals surface area contributed by atoms with E-state index in [1.54, 1.807) is 13.3 Å². The minimum atomic E-state index is 0.324.